The van der Waals surface area contributed by atoms with Crippen LogP contribution in [0.25, 0.3) is 33.4 Å². The first-order valence-electron chi connectivity index (χ1n) is 18.2. The number of hydrogen-bond donors (Lipinski definition) is 1. The van der Waals surface area contributed by atoms with Crippen LogP contribution >= 0.6 is 0 Å². The van der Waals surface area contributed by atoms with Gasteiger partial charge in [-0.2, -0.15) is 0 Å². The van der Waals surface area contributed by atoms with Crippen molar-refractivity contribution in [3.8, 4) is 33.4 Å². The van der Waals surface area contributed by atoms with Gasteiger partial charge in [-0.3, -0.25) is 0 Å². The van der Waals surface area contributed by atoms with E-state index in [0.29, 0.717) is 17.9 Å². The first-order chi connectivity index (χ1) is 22.0. The van der Waals surface area contributed by atoms with Crippen molar-refractivity contribution < 1.29 is 0 Å². The third-order valence-corrected chi connectivity index (χ3v) is 11.5. The molecule has 1 atom stereocenters. The predicted octanol–water partition coefficient (Wildman–Crippen LogP) is 12.1. The molecule has 2 aliphatic rings. The molecule has 2 aliphatic carbocycles. The number of benzene rings is 4. The lowest BCUT2D eigenvalue weighted by Gasteiger charge is -2.32. The molecular weight excluding hydrogens is 542 g/mol. The Hall–Kier alpha value is -3.16. The molecule has 1 heteroatoms. The van der Waals surface area contributed by atoms with E-state index in [-0.39, 0.29) is 0 Å². The molecule has 0 bridgehead atoms. The Morgan fingerprint density at radius 1 is 0.533 bits per heavy atom. The van der Waals surface area contributed by atoms with Crippen LogP contribution in [0, 0.1) is 11.8 Å². The summed E-state index contributed by atoms with van der Waals surface area (Å²) in [4.78, 5) is 0. The zero-order valence-electron chi connectivity index (χ0n) is 28.3. The van der Waals surface area contributed by atoms with Crippen LogP contribution in [0.4, 0.5) is 0 Å². The van der Waals surface area contributed by atoms with Crippen LogP contribution in [0.15, 0.2) is 84.9 Å². The standard InChI is InChI=1S/C44H55N/c1-5-31-10-26-40(37-20-14-34(15-21-37)33-12-8-30(4)9-13-33)42(28-31)43-29-32(6-2)11-27-41(43)38-22-16-35(17-23-38)36-18-24-39(25-19-36)44(45)7-3/h10-11,14-17,20-23,26-30,33,36,39,44H,5-9,12-13,18-19,24-25,45H2,1-4H3. The predicted molar refractivity (Wildman–Crippen MR) is 195 cm³/mol. The molecule has 4 aromatic rings. The van der Waals surface area contributed by atoms with Crippen LogP contribution in [0.5, 0.6) is 0 Å². The van der Waals surface area contributed by atoms with E-state index in [9.17, 15) is 0 Å². The van der Waals surface area contributed by atoms with Gasteiger partial charge in [-0.25, -0.2) is 0 Å². The smallest absolute Gasteiger partial charge is 0.00645 e. The average Bonchev–Trinajstić information content (AvgIpc) is 3.11. The largest absolute Gasteiger partial charge is 0.327 e. The molecule has 0 radical (unpaired) electrons. The molecule has 2 fully saturated rings. The second kappa shape index (κ2) is 14.5. The van der Waals surface area contributed by atoms with E-state index in [1.54, 1.807) is 0 Å². The molecule has 4 aromatic carbocycles. The van der Waals surface area contributed by atoms with Gasteiger partial charge < -0.3 is 5.73 Å². The zero-order valence-corrected chi connectivity index (χ0v) is 28.3. The highest BCUT2D eigenvalue weighted by molar-refractivity contribution is 5.92. The molecular formula is C44H55N. The zero-order chi connectivity index (χ0) is 31.3. The highest BCUT2D eigenvalue weighted by Gasteiger charge is 2.26. The Bertz CT molecular complexity index is 1530. The van der Waals surface area contributed by atoms with E-state index in [0.717, 1.165) is 31.1 Å². The van der Waals surface area contributed by atoms with Gasteiger partial charge in [0.25, 0.3) is 0 Å². The van der Waals surface area contributed by atoms with Crippen molar-refractivity contribution in [3.05, 3.63) is 107 Å². The van der Waals surface area contributed by atoms with Crippen LogP contribution in [0.1, 0.15) is 120 Å². The third kappa shape index (κ3) is 7.15. The van der Waals surface area contributed by atoms with Gasteiger partial charge in [-0.1, -0.05) is 125 Å². The molecule has 1 unspecified atom stereocenters. The minimum atomic E-state index is 0.368. The Labute approximate surface area is 273 Å². The first-order valence-corrected chi connectivity index (χ1v) is 18.2. The minimum Gasteiger partial charge on any atom is -0.327 e. The number of nitrogens with two attached hydrogens (primary N) is 1. The lowest BCUT2D eigenvalue weighted by atomic mass is 9.75. The van der Waals surface area contributed by atoms with E-state index in [1.807, 2.05) is 0 Å². The Kier molecular flexibility index (Phi) is 10.3. The summed E-state index contributed by atoms with van der Waals surface area (Å²) in [5, 5.41) is 0. The lowest BCUT2D eigenvalue weighted by molar-refractivity contribution is 0.277. The van der Waals surface area contributed by atoms with Crippen LogP contribution in [-0.4, -0.2) is 6.04 Å². The molecule has 45 heavy (non-hydrogen) atoms. The molecule has 236 valence electrons. The van der Waals surface area contributed by atoms with Crippen molar-refractivity contribution >= 4 is 0 Å². The summed E-state index contributed by atoms with van der Waals surface area (Å²) in [6.45, 7) is 9.17. The molecule has 6 rings (SSSR count). The number of hydrogen-bond acceptors (Lipinski definition) is 1. The van der Waals surface area contributed by atoms with Gasteiger partial charge in [0.05, 0.1) is 0 Å². The van der Waals surface area contributed by atoms with Crippen molar-refractivity contribution in [2.75, 3.05) is 0 Å². The third-order valence-electron chi connectivity index (χ3n) is 11.5. The Morgan fingerprint density at radius 2 is 0.956 bits per heavy atom. The Morgan fingerprint density at radius 3 is 1.36 bits per heavy atom. The highest BCUT2D eigenvalue weighted by Crippen LogP contribution is 2.42. The normalized spacial score (nSPS) is 22.7. The van der Waals surface area contributed by atoms with Crippen LogP contribution < -0.4 is 5.73 Å². The summed E-state index contributed by atoms with van der Waals surface area (Å²) in [7, 11) is 0. The van der Waals surface area contributed by atoms with Gasteiger partial charge in [0, 0.05) is 6.04 Å². The minimum absolute atomic E-state index is 0.368. The molecule has 2 N–H and O–H groups in total. The van der Waals surface area contributed by atoms with E-state index in [1.165, 1.54) is 107 Å². The summed E-state index contributed by atoms with van der Waals surface area (Å²) < 4.78 is 0. The van der Waals surface area contributed by atoms with Gasteiger partial charge in [-0.15, -0.1) is 0 Å². The monoisotopic (exact) mass is 597 g/mol. The first kappa shape index (κ1) is 31.8. The van der Waals surface area contributed by atoms with Crippen LogP contribution in [0.2, 0.25) is 0 Å². The van der Waals surface area contributed by atoms with E-state index < -0.39 is 0 Å². The maximum atomic E-state index is 6.41. The van der Waals surface area contributed by atoms with Crippen molar-refractivity contribution in [1.82, 2.24) is 0 Å². The van der Waals surface area contributed by atoms with Crippen molar-refractivity contribution in [1.29, 1.82) is 0 Å². The summed E-state index contributed by atoms with van der Waals surface area (Å²) >= 11 is 0. The molecule has 0 aromatic heterocycles. The van der Waals surface area contributed by atoms with Crippen molar-refractivity contribution in [3.63, 3.8) is 0 Å². The van der Waals surface area contributed by atoms with Gasteiger partial charge in [0.15, 0.2) is 0 Å². The van der Waals surface area contributed by atoms with E-state index in [4.69, 9.17) is 5.73 Å². The maximum Gasteiger partial charge on any atom is 0.00645 e. The molecule has 0 spiro atoms. The van der Waals surface area contributed by atoms with Crippen LogP contribution in [0.3, 0.4) is 0 Å². The van der Waals surface area contributed by atoms with Gasteiger partial charge in [0.2, 0.25) is 0 Å². The van der Waals surface area contributed by atoms with E-state index in [2.05, 4.69) is 113 Å². The molecule has 0 saturated heterocycles. The second-order valence-corrected chi connectivity index (χ2v) is 14.4. The van der Waals surface area contributed by atoms with Gasteiger partial charge in [-0.05, 0) is 137 Å². The molecule has 0 amide bonds. The second-order valence-electron chi connectivity index (χ2n) is 14.4. The average molecular weight is 598 g/mol. The van der Waals surface area contributed by atoms with E-state index >= 15 is 0 Å². The highest BCUT2D eigenvalue weighted by atomic mass is 14.6. The van der Waals surface area contributed by atoms with Crippen LogP contribution in [-0.2, 0) is 12.8 Å². The lowest BCUT2D eigenvalue weighted by Crippen LogP contribution is -2.32. The van der Waals surface area contributed by atoms with Gasteiger partial charge >= 0.3 is 0 Å². The molecule has 0 aliphatic heterocycles. The van der Waals surface area contributed by atoms with Gasteiger partial charge in [0.1, 0.15) is 0 Å². The number of rotatable bonds is 9. The summed E-state index contributed by atoms with van der Waals surface area (Å²) in [6.07, 6.45) is 13.6. The SMILES string of the molecule is CCc1ccc(-c2ccc(C3CCC(C)CC3)cc2)c(-c2cc(CC)ccc2-c2ccc(C3CCC(C(N)CC)CC3)cc2)c1. The van der Waals surface area contributed by atoms with Crippen molar-refractivity contribution in [2.45, 2.75) is 116 Å². The fourth-order valence-electron chi connectivity index (χ4n) is 8.25. The number of aryl methyl sites for hydroxylation is 2. The van der Waals surface area contributed by atoms with Crippen molar-refractivity contribution in [2.24, 2.45) is 17.6 Å². The maximum absolute atomic E-state index is 6.41. The molecule has 1 nitrogen and oxygen atoms in total. The fourth-order valence-corrected chi connectivity index (χ4v) is 8.25. The fraction of sp³-hybridized carbons (Fsp3) is 0.455. The molecule has 0 heterocycles. The molecule has 2 saturated carbocycles. The topological polar surface area (TPSA) is 26.0 Å². The summed E-state index contributed by atoms with van der Waals surface area (Å²) in [5.74, 6) is 2.96. The quantitative estimate of drug-likeness (QED) is 0.204. The summed E-state index contributed by atoms with van der Waals surface area (Å²) in [6, 6.07) is 33.9. The Balaban J connectivity index is 1.32. The summed E-state index contributed by atoms with van der Waals surface area (Å²) in [5.41, 5.74) is 20.2.